The lowest BCUT2D eigenvalue weighted by Crippen LogP contribution is -2.82. The molecule has 3 heteroatoms. The van der Waals surface area contributed by atoms with Gasteiger partial charge >= 0.3 is 0 Å². The van der Waals surface area contributed by atoms with E-state index < -0.39 is 0 Å². The van der Waals surface area contributed by atoms with E-state index in [2.05, 4.69) is 36.5 Å². The molecule has 0 amide bonds. The van der Waals surface area contributed by atoms with E-state index >= 15 is 0 Å². The Morgan fingerprint density at radius 1 is 0.955 bits per heavy atom. The van der Waals surface area contributed by atoms with Crippen molar-refractivity contribution in [1.29, 1.82) is 0 Å². The van der Waals surface area contributed by atoms with Crippen LogP contribution in [0.2, 0.25) is 5.02 Å². The average molecular weight is 313 g/mol. The maximum absolute atomic E-state index is 5.92. The van der Waals surface area contributed by atoms with E-state index in [1.165, 1.54) is 5.56 Å². The normalized spacial score (nSPS) is 12.3. The van der Waals surface area contributed by atoms with Gasteiger partial charge in [-0.15, -0.1) is 0 Å². The molecule has 2 N–H and O–H groups in total. The molecule has 0 spiro atoms. The van der Waals surface area contributed by atoms with Gasteiger partial charge in [0.15, 0.2) is 5.76 Å². The highest BCUT2D eigenvalue weighted by Crippen LogP contribution is 2.23. The Balaban J connectivity index is 1.63. The summed E-state index contributed by atoms with van der Waals surface area (Å²) in [6, 6.07) is 22.7. The molecule has 1 atom stereocenters. The Bertz CT molecular complexity index is 719. The van der Waals surface area contributed by atoms with Gasteiger partial charge in [0, 0.05) is 16.1 Å². The molecule has 3 rings (SSSR count). The van der Waals surface area contributed by atoms with Gasteiger partial charge in [-0.2, -0.15) is 0 Å². The molecule has 0 aliphatic rings. The van der Waals surface area contributed by atoms with Crippen LogP contribution in [-0.4, -0.2) is 0 Å². The third-order valence-electron chi connectivity index (χ3n) is 3.79. The van der Waals surface area contributed by atoms with Gasteiger partial charge < -0.3 is 9.73 Å². The average Bonchev–Trinajstić information content (AvgIpc) is 3.03. The van der Waals surface area contributed by atoms with Crippen LogP contribution >= 0.6 is 11.6 Å². The summed E-state index contributed by atoms with van der Waals surface area (Å²) in [6.45, 7) is 3.03. The first-order valence-electron chi connectivity index (χ1n) is 7.45. The smallest absolute Gasteiger partial charge is 0.158 e. The van der Waals surface area contributed by atoms with E-state index in [-0.39, 0.29) is 0 Å². The third kappa shape index (κ3) is 3.59. The molecular formula is C19H19ClNO+. The van der Waals surface area contributed by atoms with Crippen molar-refractivity contribution in [2.24, 2.45) is 0 Å². The minimum atomic E-state index is 0.408. The molecule has 0 fully saturated rings. The molecule has 1 heterocycles. The molecule has 0 saturated carbocycles. The Kier molecular flexibility index (Phi) is 4.62. The minimum Gasteiger partial charge on any atom is -0.455 e. The van der Waals surface area contributed by atoms with Crippen molar-refractivity contribution in [3.05, 3.63) is 83.1 Å². The van der Waals surface area contributed by atoms with E-state index in [9.17, 15) is 0 Å². The molecule has 0 aliphatic heterocycles. The van der Waals surface area contributed by atoms with E-state index in [1.54, 1.807) is 0 Å². The summed E-state index contributed by atoms with van der Waals surface area (Å²) in [5, 5.41) is 3.01. The molecule has 3 aromatic rings. The van der Waals surface area contributed by atoms with Crippen LogP contribution in [0, 0.1) is 0 Å². The number of rotatable bonds is 5. The maximum Gasteiger partial charge on any atom is 0.158 e. The van der Waals surface area contributed by atoms with E-state index in [1.807, 2.05) is 42.5 Å². The molecule has 1 aromatic heterocycles. The lowest BCUT2D eigenvalue weighted by molar-refractivity contribution is -0.709. The number of hydrogen-bond donors (Lipinski definition) is 1. The number of nitrogens with two attached hydrogens (primary N) is 1. The van der Waals surface area contributed by atoms with Crippen molar-refractivity contribution in [3.8, 4) is 11.3 Å². The predicted molar refractivity (Wildman–Crippen MR) is 89.6 cm³/mol. The van der Waals surface area contributed by atoms with E-state index in [0.717, 1.165) is 28.7 Å². The molecule has 22 heavy (non-hydrogen) atoms. The van der Waals surface area contributed by atoms with Crippen molar-refractivity contribution in [1.82, 2.24) is 0 Å². The van der Waals surface area contributed by atoms with Crippen LogP contribution in [0.15, 0.2) is 71.1 Å². The topological polar surface area (TPSA) is 29.8 Å². The van der Waals surface area contributed by atoms with Gasteiger partial charge in [-0.1, -0.05) is 41.9 Å². The predicted octanol–water partition coefficient (Wildman–Crippen LogP) is 4.42. The summed E-state index contributed by atoms with van der Waals surface area (Å²) in [4.78, 5) is 0. The molecule has 0 aliphatic carbocycles. The van der Waals surface area contributed by atoms with Gasteiger partial charge in [-0.05, 0) is 43.3 Å². The monoisotopic (exact) mass is 312 g/mol. The molecule has 0 saturated heterocycles. The molecule has 0 radical (unpaired) electrons. The standard InChI is InChI=1S/C19H18ClNO/c1-14(15-5-3-2-4-6-15)21-13-18-11-12-19(22-18)16-7-9-17(20)10-8-16/h2-12,14,21H,13H2,1H3/p+1/t14-/m0/s1. The van der Waals surface area contributed by atoms with Crippen molar-refractivity contribution in [3.63, 3.8) is 0 Å². The van der Waals surface area contributed by atoms with Crippen LogP contribution in [0.4, 0.5) is 0 Å². The zero-order valence-electron chi connectivity index (χ0n) is 12.5. The quantitative estimate of drug-likeness (QED) is 0.742. The summed E-state index contributed by atoms with van der Waals surface area (Å²) in [5.41, 5.74) is 2.37. The van der Waals surface area contributed by atoms with Gasteiger partial charge in [0.05, 0.1) is 0 Å². The zero-order chi connectivity index (χ0) is 15.4. The van der Waals surface area contributed by atoms with Gasteiger partial charge in [0.25, 0.3) is 0 Å². The van der Waals surface area contributed by atoms with Crippen molar-refractivity contribution < 1.29 is 9.73 Å². The van der Waals surface area contributed by atoms with Crippen LogP contribution in [0.25, 0.3) is 11.3 Å². The second kappa shape index (κ2) is 6.82. The van der Waals surface area contributed by atoms with Crippen LogP contribution in [0.1, 0.15) is 24.3 Å². The van der Waals surface area contributed by atoms with Gasteiger partial charge in [0.1, 0.15) is 18.3 Å². The second-order valence-electron chi connectivity index (χ2n) is 5.41. The first-order valence-corrected chi connectivity index (χ1v) is 7.83. The fraction of sp³-hybridized carbons (Fsp3) is 0.158. The summed E-state index contributed by atoms with van der Waals surface area (Å²) in [7, 11) is 0. The van der Waals surface area contributed by atoms with Crippen molar-refractivity contribution >= 4 is 11.6 Å². The Labute approximate surface area is 135 Å². The molecule has 0 bridgehead atoms. The number of furan rings is 1. The Morgan fingerprint density at radius 2 is 1.68 bits per heavy atom. The number of hydrogen-bond acceptors (Lipinski definition) is 1. The number of halogens is 1. The lowest BCUT2D eigenvalue weighted by atomic mass is 10.1. The molecular weight excluding hydrogens is 294 g/mol. The van der Waals surface area contributed by atoms with Gasteiger partial charge in [-0.25, -0.2) is 0 Å². The van der Waals surface area contributed by atoms with E-state index in [4.69, 9.17) is 16.0 Å². The van der Waals surface area contributed by atoms with Crippen molar-refractivity contribution in [2.75, 3.05) is 0 Å². The van der Waals surface area contributed by atoms with E-state index in [0.29, 0.717) is 6.04 Å². The summed E-state index contributed by atoms with van der Waals surface area (Å²) in [6.07, 6.45) is 0. The third-order valence-corrected chi connectivity index (χ3v) is 4.04. The first-order chi connectivity index (χ1) is 10.7. The molecule has 2 nitrogen and oxygen atoms in total. The molecule has 0 unspecified atom stereocenters. The largest absolute Gasteiger partial charge is 0.455 e. The number of benzene rings is 2. The fourth-order valence-electron chi connectivity index (χ4n) is 2.44. The van der Waals surface area contributed by atoms with Crippen molar-refractivity contribution in [2.45, 2.75) is 19.5 Å². The van der Waals surface area contributed by atoms with Gasteiger partial charge in [0.2, 0.25) is 0 Å². The highest BCUT2D eigenvalue weighted by atomic mass is 35.5. The SMILES string of the molecule is C[C@H]([NH2+]Cc1ccc(-c2ccc(Cl)cc2)o1)c1ccccc1. The first kappa shape index (κ1) is 14.9. The maximum atomic E-state index is 5.92. The molecule has 112 valence electrons. The van der Waals surface area contributed by atoms with Crippen LogP contribution < -0.4 is 5.32 Å². The Hall–Kier alpha value is -2.03. The number of quaternary nitrogens is 1. The minimum absolute atomic E-state index is 0.408. The Morgan fingerprint density at radius 3 is 2.41 bits per heavy atom. The summed E-state index contributed by atoms with van der Waals surface area (Å²) < 4.78 is 5.92. The lowest BCUT2D eigenvalue weighted by Gasteiger charge is -2.09. The van der Waals surface area contributed by atoms with Gasteiger partial charge in [-0.3, -0.25) is 0 Å². The highest BCUT2D eigenvalue weighted by Gasteiger charge is 2.10. The molecule has 2 aromatic carbocycles. The van der Waals surface area contributed by atoms with Crippen LogP contribution in [0.3, 0.4) is 0 Å². The second-order valence-corrected chi connectivity index (χ2v) is 5.85. The highest BCUT2D eigenvalue weighted by molar-refractivity contribution is 6.30. The fourth-order valence-corrected chi connectivity index (χ4v) is 2.57. The summed E-state index contributed by atoms with van der Waals surface area (Å²) in [5.74, 6) is 1.86. The van der Waals surface area contributed by atoms with Crippen LogP contribution in [-0.2, 0) is 6.54 Å². The van der Waals surface area contributed by atoms with Crippen LogP contribution in [0.5, 0.6) is 0 Å². The summed E-state index contributed by atoms with van der Waals surface area (Å²) >= 11 is 5.91. The zero-order valence-corrected chi connectivity index (χ0v) is 13.3.